The predicted molar refractivity (Wildman–Crippen MR) is 53.0 cm³/mol. The summed E-state index contributed by atoms with van der Waals surface area (Å²) in [6.07, 6.45) is 1.37. The Kier molecular flexibility index (Phi) is 2.31. The highest BCUT2D eigenvalue weighted by molar-refractivity contribution is 6.34. The normalized spacial score (nSPS) is 19.2. The van der Waals surface area contributed by atoms with Crippen molar-refractivity contribution in [1.29, 1.82) is 0 Å². The van der Waals surface area contributed by atoms with Crippen LogP contribution in [0.5, 0.6) is 0 Å². The summed E-state index contributed by atoms with van der Waals surface area (Å²) in [6, 6.07) is 0.816. The van der Waals surface area contributed by atoms with Gasteiger partial charge in [-0.05, 0) is 6.07 Å². The Bertz CT molecular complexity index is 485. The Balaban J connectivity index is 2.78. The van der Waals surface area contributed by atoms with E-state index in [1.54, 1.807) is 6.92 Å². The van der Waals surface area contributed by atoms with E-state index in [1.807, 2.05) is 0 Å². The molecule has 0 radical (unpaired) electrons. The molecule has 0 aliphatic carbocycles. The zero-order valence-corrected chi connectivity index (χ0v) is 8.48. The molecule has 5 heteroatoms. The molecule has 0 aromatic heterocycles. The Morgan fingerprint density at radius 3 is 2.80 bits per heavy atom. The number of rotatable bonds is 0. The number of Topliss-reactive ketones (excluding diaryl/α,β-unsaturated/α-hetero) is 1. The first-order valence-corrected chi connectivity index (χ1v) is 4.66. The van der Waals surface area contributed by atoms with Crippen LogP contribution in [0.4, 0.5) is 14.5 Å². The third-order valence-electron chi connectivity index (χ3n) is 2.23. The van der Waals surface area contributed by atoms with E-state index in [0.29, 0.717) is 0 Å². The van der Waals surface area contributed by atoms with Gasteiger partial charge in [-0.15, -0.1) is 0 Å². The molecule has 1 unspecified atom stereocenters. The average molecular weight is 230 g/mol. The molecule has 1 aliphatic heterocycles. The molecule has 78 valence electrons. The molecule has 2 rings (SSSR count). The monoisotopic (exact) mass is 229 g/mol. The van der Waals surface area contributed by atoms with E-state index in [4.69, 9.17) is 11.6 Å². The number of aliphatic imine (C=N–C) groups is 1. The fourth-order valence-corrected chi connectivity index (χ4v) is 1.66. The molecule has 1 aromatic rings. The zero-order valence-electron chi connectivity index (χ0n) is 7.72. The van der Waals surface area contributed by atoms with Gasteiger partial charge >= 0.3 is 0 Å². The van der Waals surface area contributed by atoms with Crippen molar-refractivity contribution in [2.24, 2.45) is 10.9 Å². The highest BCUT2D eigenvalue weighted by Gasteiger charge is 2.28. The third-order valence-corrected chi connectivity index (χ3v) is 2.52. The van der Waals surface area contributed by atoms with Gasteiger partial charge in [0, 0.05) is 6.21 Å². The molecule has 0 N–H and O–H groups in total. The molecule has 0 amide bonds. The topological polar surface area (TPSA) is 29.4 Å². The summed E-state index contributed by atoms with van der Waals surface area (Å²) in [4.78, 5) is 15.4. The van der Waals surface area contributed by atoms with Gasteiger partial charge in [0.2, 0.25) is 0 Å². The van der Waals surface area contributed by atoms with Gasteiger partial charge in [-0.2, -0.15) is 0 Å². The van der Waals surface area contributed by atoms with E-state index in [9.17, 15) is 13.6 Å². The molecular weight excluding hydrogens is 224 g/mol. The first-order valence-electron chi connectivity index (χ1n) is 4.28. The van der Waals surface area contributed by atoms with Crippen molar-refractivity contribution in [1.82, 2.24) is 0 Å². The van der Waals surface area contributed by atoms with E-state index < -0.39 is 23.3 Å². The number of benzene rings is 1. The molecule has 1 aromatic carbocycles. The van der Waals surface area contributed by atoms with Gasteiger partial charge in [0.15, 0.2) is 17.4 Å². The van der Waals surface area contributed by atoms with E-state index >= 15 is 0 Å². The van der Waals surface area contributed by atoms with E-state index in [2.05, 4.69) is 4.99 Å². The smallest absolute Gasteiger partial charge is 0.176 e. The first kappa shape index (κ1) is 10.2. The number of fused-ring (bicyclic) bond motifs is 1. The van der Waals surface area contributed by atoms with Gasteiger partial charge in [0.05, 0.1) is 22.2 Å². The second kappa shape index (κ2) is 3.38. The van der Waals surface area contributed by atoms with Gasteiger partial charge in [-0.3, -0.25) is 9.79 Å². The first-order chi connectivity index (χ1) is 7.02. The van der Waals surface area contributed by atoms with E-state index in [1.165, 1.54) is 6.21 Å². The predicted octanol–water partition coefficient (Wildman–Crippen LogP) is 3.15. The van der Waals surface area contributed by atoms with Gasteiger partial charge < -0.3 is 0 Å². The second-order valence-corrected chi connectivity index (χ2v) is 3.72. The van der Waals surface area contributed by atoms with Crippen LogP contribution in [0.1, 0.15) is 17.3 Å². The number of hydrogen-bond acceptors (Lipinski definition) is 2. The Morgan fingerprint density at radius 2 is 2.13 bits per heavy atom. The number of hydrogen-bond donors (Lipinski definition) is 0. The Hall–Kier alpha value is -1.29. The summed E-state index contributed by atoms with van der Waals surface area (Å²) >= 11 is 5.66. The maximum absolute atomic E-state index is 13.4. The van der Waals surface area contributed by atoms with Crippen LogP contribution in [0.2, 0.25) is 5.02 Å². The summed E-state index contributed by atoms with van der Waals surface area (Å²) in [5.41, 5.74) is -0.339. The Labute approximate surface area is 89.6 Å². The van der Waals surface area contributed by atoms with Crippen molar-refractivity contribution >= 4 is 29.3 Å². The summed E-state index contributed by atoms with van der Waals surface area (Å²) in [5.74, 6) is -3.36. The highest BCUT2D eigenvalue weighted by atomic mass is 35.5. The second-order valence-electron chi connectivity index (χ2n) is 3.31. The molecule has 15 heavy (non-hydrogen) atoms. The molecule has 0 spiro atoms. The standard InChI is InChI=1S/C10H6ClF2NO/c1-4-3-14-9-5(11)2-6(12)8(13)7(9)10(4)15/h2-4H,1H3. The van der Waals surface area contributed by atoms with Crippen LogP contribution in [-0.4, -0.2) is 12.0 Å². The van der Waals surface area contributed by atoms with Crippen molar-refractivity contribution < 1.29 is 13.6 Å². The van der Waals surface area contributed by atoms with Gasteiger partial charge in [0.25, 0.3) is 0 Å². The highest BCUT2D eigenvalue weighted by Crippen LogP contribution is 2.36. The van der Waals surface area contributed by atoms with Crippen molar-refractivity contribution in [3.8, 4) is 0 Å². The summed E-state index contributed by atoms with van der Waals surface area (Å²) in [6.45, 7) is 1.56. The van der Waals surface area contributed by atoms with Crippen LogP contribution in [0, 0.1) is 17.6 Å². The van der Waals surface area contributed by atoms with Crippen LogP contribution < -0.4 is 0 Å². The lowest BCUT2D eigenvalue weighted by atomic mass is 9.95. The maximum Gasteiger partial charge on any atom is 0.176 e. The van der Waals surface area contributed by atoms with Crippen LogP contribution in [0.25, 0.3) is 0 Å². The number of carbonyl (C=O) groups excluding carboxylic acids is 1. The fraction of sp³-hybridized carbons (Fsp3) is 0.200. The molecule has 0 fully saturated rings. The van der Waals surface area contributed by atoms with Crippen molar-refractivity contribution in [3.63, 3.8) is 0 Å². The number of carbonyl (C=O) groups is 1. The molecule has 0 saturated carbocycles. The molecule has 1 aliphatic rings. The summed E-state index contributed by atoms with van der Waals surface area (Å²) in [7, 11) is 0. The number of nitrogens with zero attached hydrogens (tertiary/aromatic N) is 1. The third kappa shape index (κ3) is 1.45. The summed E-state index contributed by atoms with van der Waals surface area (Å²) in [5, 5.41) is -0.0552. The fourth-order valence-electron chi connectivity index (χ4n) is 1.42. The maximum atomic E-state index is 13.4. The molecule has 2 nitrogen and oxygen atoms in total. The minimum Gasteiger partial charge on any atom is -0.293 e. The van der Waals surface area contributed by atoms with Gasteiger partial charge in [0.1, 0.15) is 0 Å². The number of halogens is 3. The quantitative estimate of drug-likeness (QED) is 0.629. The zero-order chi connectivity index (χ0) is 11.2. The lowest BCUT2D eigenvalue weighted by molar-refractivity contribution is 0.0957. The van der Waals surface area contributed by atoms with Crippen LogP contribution in [0.15, 0.2) is 11.1 Å². The molecule has 1 atom stereocenters. The minimum absolute atomic E-state index is 0.0127. The molecule has 0 bridgehead atoms. The van der Waals surface area contributed by atoms with Crippen molar-refractivity contribution in [3.05, 3.63) is 28.3 Å². The largest absolute Gasteiger partial charge is 0.293 e. The number of ketones is 1. The molecule has 1 heterocycles. The molecular formula is C10H6ClF2NO. The minimum atomic E-state index is -1.18. The SMILES string of the molecule is CC1C=Nc2c(Cl)cc(F)c(F)c2C1=O. The average Bonchev–Trinajstić information content (AvgIpc) is 2.19. The van der Waals surface area contributed by atoms with Gasteiger partial charge in [-0.25, -0.2) is 8.78 Å². The lowest BCUT2D eigenvalue weighted by Crippen LogP contribution is -2.18. The Morgan fingerprint density at radius 1 is 1.47 bits per heavy atom. The lowest BCUT2D eigenvalue weighted by Gasteiger charge is -2.15. The van der Waals surface area contributed by atoms with E-state index in [-0.39, 0.29) is 16.3 Å². The van der Waals surface area contributed by atoms with E-state index in [0.717, 1.165) is 6.07 Å². The van der Waals surface area contributed by atoms with Crippen molar-refractivity contribution in [2.45, 2.75) is 6.92 Å². The van der Waals surface area contributed by atoms with Crippen LogP contribution >= 0.6 is 11.6 Å². The van der Waals surface area contributed by atoms with Gasteiger partial charge in [-0.1, -0.05) is 18.5 Å². The summed E-state index contributed by atoms with van der Waals surface area (Å²) < 4.78 is 26.4. The molecule has 0 saturated heterocycles. The van der Waals surface area contributed by atoms with Crippen molar-refractivity contribution in [2.75, 3.05) is 0 Å². The van der Waals surface area contributed by atoms with Crippen LogP contribution in [-0.2, 0) is 0 Å². The van der Waals surface area contributed by atoms with Crippen LogP contribution in [0.3, 0.4) is 0 Å².